The molecule has 0 bridgehead atoms. The smallest absolute Gasteiger partial charge is 0.417 e. The number of carbonyl (C=O) groups excluding carboxylic acids is 3. The number of alkyl halides is 3. The molecule has 3 aromatic carbocycles. The second kappa shape index (κ2) is 11.8. The molecule has 0 aliphatic carbocycles. The Morgan fingerprint density at radius 2 is 1.47 bits per heavy atom. The van der Waals surface area contributed by atoms with Crippen LogP contribution in [0, 0.1) is 5.92 Å². The molecule has 0 unspecified atom stereocenters. The van der Waals surface area contributed by atoms with Gasteiger partial charge in [-0.15, -0.1) is 0 Å². The van der Waals surface area contributed by atoms with Crippen molar-refractivity contribution in [1.29, 1.82) is 0 Å². The standard InChI is InChI=1S/C28H25F3N2O5/c29-28(30,31)23(25(34)33-22(18-38-27(33)36)16-19-10-4-1-5-11-19)24(21-14-8-3-9-15-21)32-26(35)37-17-20-12-6-2-7-13-20/h1-15,22-24H,16-18H2,(H,32,35)/t22-,23-,24-/m0/s1. The molecule has 3 atom stereocenters. The fraction of sp³-hybridized carbons (Fsp3) is 0.250. The molecule has 1 heterocycles. The first-order chi connectivity index (χ1) is 18.2. The summed E-state index contributed by atoms with van der Waals surface area (Å²) in [6.07, 6.45) is -7.31. The van der Waals surface area contributed by atoms with Crippen LogP contribution < -0.4 is 5.32 Å². The lowest BCUT2D eigenvalue weighted by molar-refractivity contribution is -0.193. The molecule has 0 aromatic heterocycles. The molecule has 1 aliphatic heterocycles. The van der Waals surface area contributed by atoms with Gasteiger partial charge in [0.05, 0.1) is 12.1 Å². The van der Waals surface area contributed by atoms with Gasteiger partial charge in [0.25, 0.3) is 0 Å². The van der Waals surface area contributed by atoms with Gasteiger partial charge in [-0.05, 0) is 23.1 Å². The number of cyclic esters (lactones) is 1. The molecule has 1 aliphatic rings. The average Bonchev–Trinajstić information content (AvgIpc) is 3.27. The first-order valence-corrected chi connectivity index (χ1v) is 11.9. The summed E-state index contributed by atoms with van der Waals surface area (Å²) >= 11 is 0. The number of amides is 3. The largest absolute Gasteiger partial charge is 0.447 e. The Bertz CT molecular complexity index is 1240. The van der Waals surface area contributed by atoms with Crippen molar-refractivity contribution in [2.45, 2.75) is 31.3 Å². The van der Waals surface area contributed by atoms with Crippen molar-refractivity contribution < 1.29 is 37.0 Å². The summed E-state index contributed by atoms with van der Waals surface area (Å²) in [5.74, 6) is -4.30. The van der Waals surface area contributed by atoms with Crippen LogP contribution in [0.15, 0.2) is 91.0 Å². The lowest BCUT2D eigenvalue weighted by atomic mass is 9.90. The van der Waals surface area contributed by atoms with Crippen LogP contribution in [0.2, 0.25) is 0 Å². The summed E-state index contributed by atoms with van der Waals surface area (Å²) < 4.78 is 53.8. The van der Waals surface area contributed by atoms with E-state index in [1.807, 2.05) is 0 Å². The van der Waals surface area contributed by atoms with Gasteiger partial charge in [-0.2, -0.15) is 13.2 Å². The number of benzene rings is 3. The minimum Gasteiger partial charge on any atom is -0.447 e. The molecule has 0 saturated carbocycles. The zero-order chi connectivity index (χ0) is 27.1. The quantitative estimate of drug-likeness (QED) is 0.424. The maximum atomic E-state index is 14.6. The molecule has 7 nitrogen and oxygen atoms in total. The minimum absolute atomic E-state index is 0.0204. The van der Waals surface area contributed by atoms with Crippen molar-refractivity contribution in [1.82, 2.24) is 10.2 Å². The van der Waals surface area contributed by atoms with E-state index >= 15 is 0 Å². The first-order valence-electron chi connectivity index (χ1n) is 11.9. The van der Waals surface area contributed by atoms with Crippen molar-refractivity contribution in [3.8, 4) is 0 Å². The normalized spacial score (nSPS) is 16.9. The molecule has 3 aromatic rings. The van der Waals surface area contributed by atoms with E-state index < -0.39 is 42.3 Å². The lowest BCUT2D eigenvalue weighted by Crippen LogP contribution is -2.52. The number of alkyl carbamates (subject to hydrolysis) is 1. The molecular formula is C28H25F3N2O5. The number of nitrogens with one attached hydrogen (secondary N) is 1. The molecule has 1 N–H and O–H groups in total. The number of halogens is 3. The summed E-state index contributed by atoms with van der Waals surface area (Å²) in [6.45, 7) is -0.428. The zero-order valence-electron chi connectivity index (χ0n) is 20.1. The highest BCUT2D eigenvalue weighted by atomic mass is 19.4. The SMILES string of the molecule is O=C(N[C@@H](c1ccccc1)[C@@H](C(=O)N1C(=O)OC[C@@H]1Cc1ccccc1)C(F)(F)F)OCc1ccccc1. The lowest BCUT2D eigenvalue weighted by Gasteiger charge is -2.32. The van der Waals surface area contributed by atoms with Gasteiger partial charge in [-0.3, -0.25) is 4.79 Å². The van der Waals surface area contributed by atoms with Gasteiger partial charge in [0.2, 0.25) is 5.91 Å². The Kier molecular flexibility index (Phi) is 8.30. The van der Waals surface area contributed by atoms with E-state index in [1.54, 1.807) is 66.7 Å². The number of rotatable bonds is 8. The Labute approximate surface area is 217 Å². The van der Waals surface area contributed by atoms with Gasteiger partial charge < -0.3 is 14.8 Å². The summed E-state index contributed by atoms with van der Waals surface area (Å²) in [4.78, 5) is 39.1. The van der Waals surface area contributed by atoms with E-state index in [9.17, 15) is 27.6 Å². The Morgan fingerprint density at radius 1 is 0.921 bits per heavy atom. The van der Waals surface area contributed by atoms with Crippen molar-refractivity contribution in [2.75, 3.05) is 6.61 Å². The van der Waals surface area contributed by atoms with Crippen LogP contribution in [0.3, 0.4) is 0 Å². The van der Waals surface area contributed by atoms with Gasteiger partial charge in [-0.1, -0.05) is 91.0 Å². The number of carbonyl (C=O) groups is 3. The highest BCUT2D eigenvalue weighted by molar-refractivity contribution is 5.96. The molecule has 0 spiro atoms. The molecule has 4 rings (SSSR count). The molecule has 38 heavy (non-hydrogen) atoms. The Morgan fingerprint density at radius 3 is 2.05 bits per heavy atom. The van der Waals surface area contributed by atoms with Gasteiger partial charge >= 0.3 is 18.4 Å². The fourth-order valence-electron chi connectivity index (χ4n) is 4.30. The maximum Gasteiger partial charge on any atom is 0.417 e. The molecule has 10 heteroatoms. The second-order valence-corrected chi connectivity index (χ2v) is 8.74. The number of hydrogen-bond donors (Lipinski definition) is 1. The third kappa shape index (κ3) is 6.50. The predicted molar refractivity (Wildman–Crippen MR) is 131 cm³/mol. The van der Waals surface area contributed by atoms with Crippen LogP contribution in [0.4, 0.5) is 22.8 Å². The summed E-state index contributed by atoms with van der Waals surface area (Å²) in [5.41, 5.74) is 1.37. The van der Waals surface area contributed by atoms with E-state index in [0.29, 0.717) is 10.5 Å². The van der Waals surface area contributed by atoms with Gasteiger partial charge in [0.1, 0.15) is 13.2 Å². The zero-order valence-corrected chi connectivity index (χ0v) is 20.1. The van der Waals surface area contributed by atoms with E-state index in [2.05, 4.69) is 5.32 Å². The molecule has 1 fully saturated rings. The van der Waals surface area contributed by atoms with Crippen LogP contribution in [0.1, 0.15) is 22.7 Å². The molecular weight excluding hydrogens is 501 g/mol. The summed E-state index contributed by atoms with van der Waals surface area (Å²) in [7, 11) is 0. The number of nitrogens with zero attached hydrogens (tertiary/aromatic N) is 1. The number of hydrogen-bond acceptors (Lipinski definition) is 5. The van der Waals surface area contributed by atoms with Crippen LogP contribution in [0.5, 0.6) is 0 Å². The Hall–Kier alpha value is -4.34. The van der Waals surface area contributed by atoms with Gasteiger partial charge in [0, 0.05) is 0 Å². The minimum atomic E-state index is -5.12. The number of ether oxygens (including phenoxy) is 2. The van der Waals surface area contributed by atoms with Crippen LogP contribution in [-0.4, -0.2) is 41.8 Å². The van der Waals surface area contributed by atoms with E-state index in [0.717, 1.165) is 5.56 Å². The highest BCUT2D eigenvalue weighted by Gasteiger charge is 2.55. The molecule has 198 valence electrons. The third-order valence-corrected chi connectivity index (χ3v) is 6.11. The monoisotopic (exact) mass is 526 g/mol. The predicted octanol–water partition coefficient (Wildman–Crippen LogP) is 5.42. The summed E-state index contributed by atoms with van der Waals surface area (Å²) in [5, 5.41) is 2.21. The number of imide groups is 1. The van der Waals surface area contributed by atoms with Gasteiger partial charge in [0.15, 0.2) is 5.92 Å². The van der Waals surface area contributed by atoms with Crippen LogP contribution in [0.25, 0.3) is 0 Å². The van der Waals surface area contributed by atoms with Crippen molar-refractivity contribution >= 4 is 18.1 Å². The molecule has 1 saturated heterocycles. The van der Waals surface area contributed by atoms with E-state index in [1.165, 1.54) is 24.3 Å². The fourth-order valence-corrected chi connectivity index (χ4v) is 4.30. The van der Waals surface area contributed by atoms with Crippen molar-refractivity contribution in [3.05, 3.63) is 108 Å². The average molecular weight is 527 g/mol. The van der Waals surface area contributed by atoms with E-state index in [-0.39, 0.29) is 25.2 Å². The topological polar surface area (TPSA) is 84.9 Å². The van der Waals surface area contributed by atoms with E-state index in [4.69, 9.17) is 9.47 Å². The Balaban J connectivity index is 1.61. The van der Waals surface area contributed by atoms with Crippen LogP contribution in [-0.2, 0) is 27.3 Å². The van der Waals surface area contributed by atoms with Crippen LogP contribution >= 0.6 is 0 Å². The molecule has 0 radical (unpaired) electrons. The van der Waals surface area contributed by atoms with Crippen molar-refractivity contribution in [2.24, 2.45) is 5.92 Å². The van der Waals surface area contributed by atoms with Crippen molar-refractivity contribution in [3.63, 3.8) is 0 Å². The first kappa shape index (κ1) is 26.7. The maximum absolute atomic E-state index is 14.6. The third-order valence-electron chi connectivity index (χ3n) is 6.11. The second-order valence-electron chi connectivity index (χ2n) is 8.74. The highest BCUT2D eigenvalue weighted by Crippen LogP contribution is 2.39. The summed E-state index contributed by atoms with van der Waals surface area (Å²) in [6, 6.07) is 21.8. The van der Waals surface area contributed by atoms with Gasteiger partial charge in [-0.25, -0.2) is 14.5 Å². The molecule has 3 amide bonds.